The Morgan fingerprint density at radius 1 is 1.30 bits per heavy atom. The molecule has 0 amide bonds. The van der Waals surface area contributed by atoms with Gasteiger partial charge in [0.1, 0.15) is 0 Å². The molecule has 1 heterocycles. The van der Waals surface area contributed by atoms with Crippen molar-refractivity contribution in [2.75, 3.05) is 6.61 Å². The first kappa shape index (κ1) is 14.0. The molecule has 0 radical (unpaired) electrons. The molecule has 2 saturated carbocycles. The van der Waals surface area contributed by atoms with Gasteiger partial charge >= 0.3 is 0 Å². The number of rotatable bonds is 5. The summed E-state index contributed by atoms with van der Waals surface area (Å²) in [5.41, 5.74) is 6.07. The molecule has 112 valence electrons. The van der Waals surface area contributed by atoms with Crippen molar-refractivity contribution in [3.63, 3.8) is 0 Å². The van der Waals surface area contributed by atoms with Gasteiger partial charge in [-0.3, -0.25) is 0 Å². The van der Waals surface area contributed by atoms with Gasteiger partial charge in [0.25, 0.3) is 0 Å². The van der Waals surface area contributed by atoms with Crippen LogP contribution < -0.4 is 5.73 Å². The lowest BCUT2D eigenvalue weighted by molar-refractivity contribution is -0.0258. The normalized spacial score (nSPS) is 29.1. The minimum absolute atomic E-state index is 0.354. The zero-order valence-corrected chi connectivity index (χ0v) is 12.3. The van der Waals surface area contributed by atoms with Crippen LogP contribution in [0.25, 0.3) is 0 Å². The van der Waals surface area contributed by atoms with Gasteiger partial charge in [-0.1, -0.05) is 24.4 Å². The van der Waals surface area contributed by atoms with Crippen LogP contribution in [0.1, 0.15) is 63.6 Å². The van der Waals surface area contributed by atoms with Crippen molar-refractivity contribution >= 4 is 0 Å². The summed E-state index contributed by atoms with van der Waals surface area (Å²) in [6.07, 6.45) is 9.07. The van der Waals surface area contributed by atoms with E-state index < -0.39 is 0 Å². The summed E-state index contributed by atoms with van der Waals surface area (Å²) in [5.74, 6) is 2.09. The molecule has 5 heteroatoms. The third kappa shape index (κ3) is 2.88. The Labute approximate surface area is 120 Å². The molecule has 2 N–H and O–H groups in total. The van der Waals surface area contributed by atoms with E-state index in [1.807, 2.05) is 6.92 Å². The van der Waals surface area contributed by atoms with Gasteiger partial charge in [-0.25, -0.2) is 0 Å². The van der Waals surface area contributed by atoms with Gasteiger partial charge in [-0.2, -0.15) is 4.98 Å². The zero-order chi connectivity index (χ0) is 14.0. The Balaban J connectivity index is 1.55. The quantitative estimate of drug-likeness (QED) is 0.896. The standard InChI is InChI=1S/C15H25N3O2/c1-2-19-12-8-11(9-12)10-13-17-14(18-20-13)15(16)6-4-3-5-7-15/h11-12H,2-10,16H2,1H3. The smallest absolute Gasteiger partial charge is 0.226 e. The lowest BCUT2D eigenvalue weighted by atomic mass is 9.80. The molecular weight excluding hydrogens is 254 g/mol. The van der Waals surface area contributed by atoms with Crippen LogP contribution in [-0.2, 0) is 16.7 Å². The highest BCUT2D eigenvalue weighted by Crippen LogP contribution is 2.35. The monoisotopic (exact) mass is 279 g/mol. The molecule has 1 aromatic heterocycles. The van der Waals surface area contributed by atoms with Crippen LogP contribution in [-0.4, -0.2) is 22.9 Å². The summed E-state index contributed by atoms with van der Waals surface area (Å²) in [6.45, 7) is 2.85. The SMILES string of the molecule is CCOC1CC(Cc2nc(C3(N)CCCCC3)no2)C1. The van der Waals surface area contributed by atoms with Gasteiger partial charge in [-0.05, 0) is 38.5 Å². The minimum Gasteiger partial charge on any atom is -0.378 e. The number of ether oxygens (including phenoxy) is 1. The molecule has 0 unspecified atom stereocenters. The maximum absolute atomic E-state index is 6.43. The minimum atomic E-state index is -0.354. The van der Waals surface area contributed by atoms with Crippen LogP contribution in [0.15, 0.2) is 4.52 Å². The maximum Gasteiger partial charge on any atom is 0.226 e. The Morgan fingerprint density at radius 2 is 2.05 bits per heavy atom. The van der Waals surface area contributed by atoms with Gasteiger partial charge in [0.05, 0.1) is 11.6 Å². The third-order valence-corrected chi connectivity index (χ3v) is 4.72. The summed E-state index contributed by atoms with van der Waals surface area (Å²) in [6, 6.07) is 0. The fourth-order valence-electron chi connectivity index (χ4n) is 3.41. The van der Waals surface area contributed by atoms with Gasteiger partial charge in [0.2, 0.25) is 5.89 Å². The molecule has 20 heavy (non-hydrogen) atoms. The highest BCUT2D eigenvalue weighted by molar-refractivity contribution is 5.06. The molecule has 0 spiro atoms. The molecule has 2 aliphatic carbocycles. The van der Waals surface area contributed by atoms with E-state index in [1.54, 1.807) is 0 Å². The van der Waals surface area contributed by atoms with E-state index in [-0.39, 0.29) is 5.54 Å². The Hall–Kier alpha value is -0.940. The van der Waals surface area contributed by atoms with Crippen LogP contribution in [0.4, 0.5) is 0 Å². The Kier molecular flexibility index (Phi) is 4.08. The number of aromatic nitrogens is 2. The van der Waals surface area contributed by atoms with Gasteiger partial charge < -0.3 is 15.0 Å². The molecule has 1 aromatic rings. The second-order valence-corrected chi connectivity index (χ2v) is 6.35. The number of nitrogens with two attached hydrogens (primary N) is 1. The summed E-state index contributed by atoms with van der Waals surface area (Å²) < 4.78 is 11.0. The molecule has 3 rings (SSSR count). The highest BCUT2D eigenvalue weighted by Gasteiger charge is 2.35. The lowest BCUT2D eigenvalue weighted by Gasteiger charge is -2.34. The van der Waals surface area contributed by atoms with E-state index in [4.69, 9.17) is 15.0 Å². The molecule has 0 aromatic carbocycles. The molecule has 0 atom stereocenters. The van der Waals surface area contributed by atoms with E-state index in [9.17, 15) is 0 Å². The predicted molar refractivity (Wildman–Crippen MR) is 75.1 cm³/mol. The number of nitrogens with zero attached hydrogens (tertiary/aromatic N) is 2. The molecule has 2 fully saturated rings. The molecule has 0 aliphatic heterocycles. The van der Waals surface area contributed by atoms with Gasteiger partial charge in [0, 0.05) is 13.0 Å². The molecule has 0 saturated heterocycles. The third-order valence-electron chi connectivity index (χ3n) is 4.72. The van der Waals surface area contributed by atoms with E-state index in [0.717, 1.165) is 44.6 Å². The van der Waals surface area contributed by atoms with Crippen LogP contribution in [0, 0.1) is 5.92 Å². The van der Waals surface area contributed by atoms with Gasteiger partial charge in [0.15, 0.2) is 5.82 Å². The average Bonchev–Trinajstić information content (AvgIpc) is 2.87. The largest absolute Gasteiger partial charge is 0.378 e. The first-order valence-corrected chi connectivity index (χ1v) is 7.93. The van der Waals surface area contributed by atoms with Crippen molar-refractivity contribution in [2.45, 2.75) is 69.9 Å². The first-order chi connectivity index (χ1) is 9.69. The Morgan fingerprint density at radius 3 is 2.75 bits per heavy atom. The molecule has 5 nitrogen and oxygen atoms in total. The number of hydrogen-bond acceptors (Lipinski definition) is 5. The van der Waals surface area contributed by atoms with E-state index in [0.29, 0.717) is 17.8 Å². The topological polar surface area (TPSA) is 74.2 Å². The zero-order valence-electron chi connectivity index (χ0n) is 12.3. The van der Waals surface area contributed by atoms with E-state index >= 15 is 0 Å². The van der Waals surface area contributed by atoms with Crippen molar-refractivity contribution in [3.05, 3.63) is 11.7 Å². The van der Waals surface area contributed by atoms with Gasteiger partial charge in [-0.15, -0.1) is 0 Å². The predicted octanol–water partition coefficient (Wildman–Crippen LogP) is 2.55. The summed E-state index contributed by atoms with van der Waals surface area (Å²) in [7, 11) is 0. The second kappa shape index (κ2) is 5.82. The van der Waals surface area contributed by atoms with Crippen LogP contribution in [0.2, 0.25) is 0 Å². The van der Waals surface area contributed by atoms with E-state index in [2.05, 4.69) is 10.1 Å². The summed E-state index contributed by atoms with van der Waals surface area (Å²) in [5, 5.41) is 4.14. The number of hydrogen-bond donors (Lipinski definition) is 1. The summed E-state index contributed by atoms with van der Waals surface area (Å²) in [4.78, 5) is 4.55. The van der Waals surface area contributed by atoms with Crippen molar-refractivity contribution < 1.29 is 9.26 Å². The summed E-state index contributed by atoms with van der Waals surface area (Å²) >= 11 is 0. The molecular formula is C15H25N3O2. The molecule has 0 bridgehead atoms. The lowest BCUT2D eigenvalue weighted by Crippen LogP contribution is -2.39. The fraction of sp³-hybridized carbons (Fsp3) is 0.867. The van der Waals surface area contributed by atoms with Crippen LogP contribution in [0.3, 0.4) is 0 Å². The Bertz CT molecular complexity index is 434. The van der Waals surface area contributed by atoms with Crippen molar-refractivity contribution in [1.82, 2.24) is 10.1 Å². The second-order valence-electron chi connectivity index (χ2n) is 6.35. The first-order valence-electron chi connectivity index (χ1n) is 7.93. The van der Waals surface area contributed by atoms with Crippen molar-refractivity contribution in [3.8, 4) is 0 Å². The van der Waals surface area contributed by atoms with E-state index in [1.165, 1.54) is 19.3 Å². The van der Waals surface area contributed by atoms with Crippen LogP contribution in [0.5, 0.6) is 0 Å². The van der Waals surface area contributed by atoms with Crippen LogP contribution >= 0.6 is 0 Å². The maximum atomic E-state index is 6.43. The molecule has 2 aliphatic rings. The highest BCUT2D eigenvalue weighted by atomic mass is 16.5. The fourth-order valence-corrected chi connectivity index (χ4v) is 3.41. The average molecular weight is 279 g/mol. The van der Waals surface area contributed by atoms with Crippen molar-refractivity contribution in [2.24, 2.45) is 11.7 Å². The van der Waals surface area contributed by atoms with Crippen molar-refractivity contribution in [1.29, 1.82) is 0 Å².